The number of benzene rings is 1. The van der Waals surface area contributed by atoms with Gasteiger partial charge in [0.05, 0.1) is 0 Å². The first-order valence-electron chi connectivity index (χ1n) is 5.20. The van der Waals surface area contributed by atoms with Gasteiger partial charge in [0.2, 0.25) is 0 Å². The molecule has 0 atom stereocenters. The van der Waals surface area contributed by atoms with Gasteiger partial charge in [-0.2, -0.15) is 0 Å². The molecule has 2 nitrogen and oxygen atoms in total. The van der Waals surface area contributed by atoms with Crippen LogP contribution in [0.2, 0.25) is 0 Å². The molecule has 0 saturated heterocycles. The summed E-state index contributed by atoms with van der Waals surface area (Å²) in [6.45, 7) is 2.79. The first-order valence-corrected chi connectivity index (χ1v) is 5.20. The molecule has 0 unspecified atom stereocenters. The standard InChI is InChI=1S/C12H12F2N2/c1-2-4-15-11-3-5-16-12-9(11)6-8(13)7-10(12)14/h3,5-7H,2,4H2,1H3,(H,15,16). The molecule has 1 heterocycles. The van der Waals surface area contributed by atoms with Crippen molar-refractivity contribution in [2.24, 2.45) is 0 Å². The monoisotopic (exact) mass is 222 g/mol. The molecule has 16 heavy (non-hydrogen) atoms. The Labute approximate surface area is 92.3 Å². The second-order valence-electron chi connectivity index (χ2n) is 3.57. The van der Waals surface area contributed by atoms with E-state index >= 15 is 0 Å². The highest BCUT2D eigenvalue weighted by Crippen LogP contribution is 2.24. The zero-order chi connectivity index (χ0) is 11.5. The van der Waals surface area contributed by atoms with Crippen molar-refractivity contribution in [2.45, 2.75) is 13.3 Å². The van der Waals surface area contributed by atoms with Crippen LogP contribution in [0, 0.1) is 11.6 Å². The summed E-state index contributed by atoms with van der Waals surface area (Å²) in [7, 11) is 0. The quantitative estimate of drug-likeness (QED) is 0.861. The Bertz CT molecular complexity index is 512. The molecule has 0 aliphatic carbocycles. The highest BCUT2D eigenvalue weighted by Gasteiger charge is 2.08. The molecule has 0 aliphatic rings. The van der Waals surface area contributed by atoms with Gasteiger partial charge in [-0.3, -0.25) is 4.98 Å². The summed E-state index contributed by atoms with van der Waals surface area (Å²) < 4.78 is 26.5. The Hall–Kier alpha value is -1.71. The van der Waals surface area contributed by atoms with Gasteiger partial charge < -0.3 is 5.32 Å². The van der Waals surface area contributed by atoms with Crippen molar-refractivity contribution in [2.75, 3.05) is 11.9 Å². The fraction of sp³-hybridized carbons (Fsp3) is 0.250. The van der Waals surface area contributed by atoms with E-state index in [-0.39, 0.29) is 5.52 Å². The lowest BCUT2D eigenvalue weighted by atomic mass is 10.1. The number of halogens is 2. The van der Waals surface area contributed by atoms with Gasteiger partial charge in [0.25, 0.3) is 0 Å². The molecule has 84 valence electrons. The summed E-state index contributed by atoms with van der Waals surface area (Å²) in [5.74, 6) is -1.22. The summed E-state index contributed by atoms with van der Waals surface area (Å²) in [5.41, 5.74) is 0.910. The van der Waals surface area contributed by atoms with E-state index in [1.165, 1.54) is 12.3 Å². The number of hydrogen-bond acceptors (Lipinski definition) is 2. The van der Waals surface area contributed by atoms with Crippen LogP contribution in [0.4, 0.5) is 14.5 Å². The lowest BCUT2D eigenvalue weighted by Gasteiger charge is -2.08. The largest absolute Gasteiger partial charge is 0.384 e. The van der Waals surface area contributed by atoms with E-state index in [0.717, 1.165) is 19.0 Å². The number of nitrogens with one attached hydrogen (secondary N) is 1. The molecular weight excluding hydrogens is 210 g/mol. The normalized spacial score (nSPS) is 10.7. The van der Waals surface area contributed by atoms with E-state index in [9.17, 15) is 8.78 Å². The van der Waals surface area contributed by atoms with Crippen LogP contribution in [-0.2, 0) is 0 Å². The molecule has 2 aromatic rings. The average Bonchev–Trinajstić information content (AvgIpc) is 2.26. The maximum Gasteiger partial charge on any atom is 0.152 e. The molecule has 0 fully saturated rings. The lowest BCUT2D eigenvalue weighted by molar-refractivity contribution is 0.590. The van der Waals surface area contributed by atoms with E-state index in [1.54, 1.807) is 6.07 Å². The van der Waals surface area contributed by atoms with Crippen LogP contribution in [-0.4, -0.2) is 11.5 Å². The molecule has 0 radical (unpaired) electrons. The molecule has 0 spiro atoms. The predicted octanol–water partition coefficient (Wildman–Crippen LogP) is 3.33. The van der Waals surface area contributed by atoms with Gasteiger partial charge in [0, 0.05) is 29.9 Å². The minimum Gasteiger partial charge on any atom is -0.384 e. The summed E-state index contributed by atoms with van der Waals surface area (Å²) in [4.78, 5) is 3.91. The smallest absolute Gasteiger partial charge is 0.152 e. The summed E-state index contributed by atoms with van der Waals surface area (Å²) in [5, 5.41) is 3.60. The maximum atomic E-state index is 13.4. The van der Waals surface area contributed by atoms with Crippen LogP contribution in [0.5, 0.6) is 0 Å². The molecule has 4 heteroatoms. The number of hydrogen-bond donors (Lipinski definition) is 1. The van der Waals surface area contributed by atoms with Gasteiger partial charge >= 0.3 is 0 Å². The molecule has 1 aromatic heterocycles. The highest BCUT2D eigenvalue weighted by molar-refractivity contribution is 5.91. The molecule has 0 saturated carbocycles. The fourth-order valence-electron chi connectivity index (χ4n) is 1.59. The Balaban J connectivity index is 2.57. The number of pyridine rings is 1. The second kappa shape index (κ2) is 4.43. The number of aromatic nitrogens is 1. The van der Waals surface area contributed by atoms with Gasteiger partial charge in [0.15, 0.2) is 5.82 Å². The topological polar surface area (TPSA) is 24.9 Å². The van der Waals surface area contributed by atoms with Crippen molar-refractivity contribution in [3.8, 4) is 0 Å². The fourth-order valence-corrected chi connectivity index (χ4v) is 1.59. The third-order valence-corrected chi connectivity index (χ3v) is 2.33. The number of anilines is 1. The van der Waals surface area contributed by atoms with Crippen LogP contribution in [0.25, 0.3) is 10.9 Å². The van der Waals surface area contributed by atoms with Crippen molar-refractivity contribution in [3.63, 3.8) is 0 Å². The minimum atomic E-state index is -0.629. The first-order chi connectivity index (χ1) is 7.72. The molecule has 0 bridgehead atoms. The van der Waals surface area contributed by atoms with E-state index in [1.807, 2.05) is 6.92 Å². The minimum absolute atomic E-state index is 0.197. The molecule has 0 aliphatic heterocycles. The Morgan fingerprint density at radius 3 is 2.88 bits per heavy atom. The van der Waals surface area contributed by atoms with Crippen LogP contribution in [0.15, 0.2) is 24.4 Å². The van der Waals surface area contributed by atoms with Crippen LogP contribution in [0.3, 0.4) is 0 Å². The van der Waals surface area contributed by atoms with E-state index in [2.05, 4.69) is 10.3 Å². The number of rotatable bonds is 3. The molecule has 0 amide bonds. The van der Waals surface area contributed by atoms with Crippen molar-refractivity contribution < 1.29 is 8.78 Å². The van der Waals surface area contributed by atoms with Gasteiger partial charge in [-0.1, -0.05) is 6.92 Å². The summed E-state index contributed by atoms with van der Waals surface area (Å²) in [6, 6.07) is 3.86. The van der Waals surface area contributed by atoms with Gasteiger partial charge in [-0.15, -0.1) is 0 Å². The summed E-state index contributed by atoms with van der Waals surface area (Å²) in [6.07, 6.45) is 2.46. The average molecular weight is 222 g/mol. The second-order valence-corrected chi connectivity index (χ2v) is 3.57. The third-order valence-electron chi connectivity index (χ3n) is 2.33. The van der Waals surface area contributed by atoms with Crippen molar-refractivity contribution in [1.82, 2.24) is 4.98 Å². The third kappa shape index (κ3) is 1.96. The van der Waals surface area contributed by atoms with Crippen molar-refractivity contribution >= 4 is 16.6 Å². The van der Waals surface area contributed by atoms with E-state index in [0.29, 0.717) is 11.1 Å². The zero-order valence-electron chi connectivity index (χ0n) is 8.93. The van der Waals surface area contributed by atoms with E-state index < -0.39 is 11.6 Å². The van der Waals surface area contributed by atoms with E-state index in [4.69, 9.17) is 0 Å². The van der Waals surface area contributed by atoms with Crippen LogP contribution in [0.1, 0.15) is 13.3 Å². The van der Waals surface area contributed by atoms with Gasteiger partial charge in [-0.25, -0.2) is 8.78 Å². The van der Waals surface area contributed by atoms with Crippen LogP contribution >= 0.6 is 0 Å². The van der Waals surface area contributed by atoms with Gasteiger partial charge in [0.1, 0.15) is 11.3 Å². The van der Waals surface area contributed by atoms with Crippen molar-refractivity contribution in [3.05, 3.63) is 36.0 Å². The number of fused-ring (bicyclic) bond motifs is 1. The molecule has 1 N–H and O–H groups in total. The zero-order valence-corrected chi connectivity index (χ0v) is 8.93. The van der Waals surface area contributed by atoms with Crippen molar-refractivity contribution in [1.29, 1.82) is 0 Å². The Morgan fingerprint density at radius 2 is 2.12 bits per heavy atom. The van der Waals surface area contributed by atoms with Crippen LogP contribution < -0.4 is 5.32 Å². The Morgan fingerprint density at radius 1 is 1.31 bits per heavy atom. The summed E-state index contributed by atoms with van der Waals surface area (Å²) >= 11 is 0. The Kier molecular flexibility index (Phi) is 2.99. The molecule has 2 rings (SSSR count). The molecule has 1 aromatic carbocycles. The SMILES string of the molecule is CCCNc1ccnc2c(F)cc(F)cc12. The molecular formula is C12H12F2N2. The number of nitrogens with zero attached hydrogens (tertiary/aromatic N) is 1. The predicted molar refractivity (Wildman–Crippen MR) is 60.4 cm³/mol. The lowest BCUT2D eigenvalue weighted by Crippen LogP contribution is -2.01. The maximum absolute atomic E-state index is 13.4. The van der Waals surface area contributed by atoms with Gasteiger partial charge in [-0.05, 0) is 18.6 Å². The first kappa shape index (κ1) is 10.8. The highest BCUT2D eigenvalue weighted by atomic mass is 19.1.